The molecule has 4 nitrogen and oxygen atoms in total. The van der Waals surface area contributed by atoms with E-state index in [9.17, 15) is 18.4 Å². The van der Waals surface area contributed by atoms with E-state index in [1.807, 2.05) is 0 Å². The number of carbonyl (C=O) groups excluding carboxylic acids is 1. The van der Waals surface area contributed by atoms with Crippen molar-refractivity contribution in [3.8, 4) is 0 Å². The number of hydrogen-bond donors (Lipinski definition) is 1. The van der Waals surface area contributed by atoms with E-state index < -0.39 is 24.2 Å². The molecule has 0 heterocycles. The number of amides is 1. The van der Waals surface area contributed by atoms with E-state index in [1.54, 1.807) is 0 Å². The first kappa shape index (κ1) is 16.2. The number of hydrogen-bond acceptors (Lipinski definition) is 3. The number of carbonyl (C=O) groups is 2. The van der Waals surface area contributed by atoms with Gasteiger partial charge in [-0.2, -0.15) is 8.78 Å². The van der Waals surface area contributed by atoms with Crippen LogP contribution in [-0.4, -0.2) is 40.7 Å². The number of alkyl halides is 2. The van der Waals surface area contributed by atoms with Crippen LogP contribution in [-0.2, 0) is 4.79 Å². The molecule has 0 bridgehead atoms. The number of carboxylic acid groups (broad SMARTS) is 1. The minimum absolute atomic E-state index is 0.0266. The van der Waals surface area contributed by atoms with Gasteiger partial charge in [-0.25, -0.2) is 0 Å². The first-order valence-corrected chi connectivity index (χ1v) is 6.49. The molecule has 1 N–H and O–H groups in total. The zero-order valence-corrected chi connectivity index (χ0v) is 11.3. The van der Waals surface area contributed by atoms with Gasteiger partial charge in [0.1, 0.15) is 6.54 Å². The molecular weight excluding hydrogens is 288 g/mol. The van der Waals surface area contributed by atoms with Gasteiger partial charge in [-0.1, -0.05) is 30.0 Å². The predicted octanol–water partition coefficient (Wildman–Crippen LogP) is 2.71. The average molecular weight is 301 g/mol. The SMILES string of the molecule is C=CCN(CC(=O)O)C(=O)c1ccccc1SC(F)F. The smallest absolute Gasteiger partial charge is 0.323 e. The molecule has 0 saturated carbocycles. The van der Waals surface area contributed by atoms with Gasteiger partial charge in [-0.3, -0.25) is 9.59 Å². The summed E-state index contributed by atoms with van der Waals surface area (Å²) in [7, 11) is 0. The van der Waals surface area contributed by atoms with E-state index in [0.717, 1.165) is 4.90 Å². The van der Waals surface area contributed by atoms with Gasteiger partial charge in [0, 0.05) is 11.4 Å². The Morgan fingerprint density at radius 1 is 1.40 bits per heavy atom. The summed E-state index contributed by atoms with van der Waals surface area (Å²) in [5, 5.41) is 8.77. The van der Waals surface area contributed by atoms with Crippen molar-refractivity contribution in [1.29, 1.82) is 0 Å². The lowest BCUT2D eigenvalue weighted by Crippen LogP contribution is -2.36. The van der Waals surface area contributed by atoms with Crippen molar-refractivity contribution in [3.05, 3.63) is 42.5 Å². The maximum Gasteiger partial charge on any atom is 0.323 e. The summed E-state index contributed by atoms with van der Waals surface area (Å²) in [6.07, 6.45) is 1.38. The van der Waals surface area contributed by atoms with Gasteiger partial charge in [0.05, 0.1) is 5.56 Å². The molecule has 20 heavy (non-hydrogen) atoms. The van der Waals surface area contributed by atoms with Crippen LogP contribution in [0.4, 0.5) is 8.78 Å². The minimum atomic E-state index is -2.66. The summed E-state index contributed by atoms with van der Waals surface area (Å²) in [4.78, 5) is 24.1. The molecule has 0 atom stereocenters. The van der Waals surface area contributed by atoms with Crippen LogP contribution < -0.4 is 0 Å². The maximum absolute atomic E-state index is 12.5. The highest BCUT2D eigenvalue weighted by Gasteiger charge is 2.21. The number of aliphatic carboxylic acids is 1. The van der Waals surface area contributed by atoms with E-state index in [4.69, 9.17) is 5.11 Å². The first-order chi connectivity index (χ1) is 9.45. The third kappa shape index (κ3) is 4.65. The van der Waals surface area contributed by atoms with E-state index in [0.29, 0.717) is 0 Å². The van der Waals surface area contributed by atoms with Crippen LogP contribution in [0.15, 0.2) is 41.8 Å². The number of carboxylic acids is 1. The molecule has 0 radical (unpaired) electrons. The first-order valence-electron chi connectivity index (χ1n) is 5.61. The Hall–Kier alpha value is -1.89. The second kappa shape index (κ2) is 7.64. The summed E-state index contributed by atoms with van der Waals surface area (Å²) in [6.45, 7) is 2.95. The zero-order valence-electron chi connectivity index (χ0n) is 10.5. The van der Waals surface area contributed by atoms with Crippen molar-refractivity contribution < 1.29 is 23.5 Å². The van der Waals surface area contributed by atoms with Crippen LogP contribution in [0.1, 0.15) is 10.4 Å². The fourth-order valence-corrected chi connectivity index (χ4v) is 2.18. The summed E-state index contributed by atoms with van der Waals surface area (Å²) in [5.74, 6) is -4.45. The van der Waals surface area contributed by atoms with Crippen LogP contribution in [0.2, 0.25) is 0 Å². The Bertz CT molecular complexity index is 508. The van der Waals surface area contributed by atoms with Gasteiger partial charge in [0.25, 0.3) is 11.7 Å². The van der Waals surface area contributed by atoms with Crippen LogP contribution in [0.5, 0.6) is 0 Å². The quantitative estimate of drug-likeness (QED) is 0.621. The van der Waals surface area contributed by atoms with Gasteiger partial charge < -0.3 is 10.0 Å². The number of thioether (sulfide) groups is 1. The molecule has 108 valence electrons. The lowest BCUT2D eigenvalue weighted by molar-refractivity contribution is -0.137. The molecule has 1 amide bonds. The van der Waals surface area contributed by atoms with Gasteiger partial charge >= 0.3 is 5.97 Å². The number of nitrogens with zero attached hydrogens (tertiary/aromatic N) is 1. The Morgan fingerprint density at radius 2 is 2.05 bits per heavy atom. The number of rotatable bonds is 7. The molecule has 0 aliphatic rings. The third-order valence-corrected chi connectivity index (χ3v) is 3.08. The second-order valence-electron chi connectivity index (χ2n) is 3.74. The number of benzene rings is 1. The van der Waals surface area contributed by atoms with Crippen LogP contribution in [0, 0.1) is 0 Å². The third-order valence-electron chi connectivity index (χ3n) is 2.30. The highest BCUT2D eigenvalue weighted by molar-refractivity contribution is 7.99. The van der Waals surface area contributed by atoms with E-state index in [-0.39, 0.29) is 28.8 Å². The molecule has 0 spiro atoms. The van der Waals surface area contributed by atoms with Gasteiger partial charge in [0.15, 0.2) is 0 Å². The van der Waals surface area contributed by atoms with Gasteiger partial charge in [0.2, 0.25) is 0 Å². The van der Waals surface area contributed by atoms with Crippen molar-refractivity contribution >= 4 is 23.6 Å². The average Bonchev–Trinajstić information content (AvgIpc) is 2.37. The molecule has 1 aromatic carbocycles. The van der Waals surface area contributed by atoms with E-state index in [2.05, 4.69) is 6.58 Å². The summed E-state index contributed by atoms with van der Waals surface area (Å²) < 4.78 is 24.9. The minimum Gasteiger partial charge on any atom is -0.480 e. The lowest BCUT2D eigenvalue weighted by atomic mass is 10.2. The molecule has 1 rings (SSSR count). The molecule has 0 aromatic heterocycles. The number of halogens is 2. The Labute approximate surface area is 119 Å². The second-order valence-corrected chi connectivity index (χ2v) is 4.77. The standard InChI is InChI=1S/C13H13F2NO3S/c1-2-7-16(8-11(17)18)12(19)9-5-3-4-6-10(9)20-13(14)15/h2-6,13H,1,7-8H2,(H,17,18). The Balaban J connectivity index is 3.04. The molecule has 0 aliphatic carbocycles. The molecule has 0 aliphatic heterocycles. The largest absolute Gasteiger partial charge is 0.480 e. The molecule has 0 fully saturated rings. The van der Waals surface area contributed by atoms with E-state index >= 15 is 0 Å². The van der Waals surface area contributed by atoms with Crippen LogP contribution >= 0.6 is 11.8 Å². The lowest BCUT2D eigenvalue weighted by Gasteiger charge is -2.20. The fourth-order valence-electron chi connectivity index (χ4n) is 1.55. The Morgan fingerprint density at radius 3 is 2.60 bits per heavy atom. The van der Waals surface area contributed by atoms with Crippen LogP contribution in [0.25, 0.3) is 0 Å². The summed E-state index contributed by atoms with van der Waals surface area (Å²) >= 11 is 0.254. The highest BCUT2D eigenvalue weighted by Crippen LogP contribution is 2.29. The van der Waals surface area contributed by atoms with Gasteiger partial charge in [-0.15, -0.1) is 6.58 Å². The molecule has 7 heteroatoms. The van der Waals surface area contributed by atoms with Crippen LogP contribution in [0.3, 0.4) is 0 Å². The van der Waals surface area contributed by atoms with Crippen molar-refractivity contribution in [2.24, 2.45) is 0 Å². The highest BCUT2D eigenvalue weighted by atomic mass is 32.2. The fraction of sp³-hybridized carbons (Fsp3) is 0.231. The molecular formula is C13H13F2NO3S. The molecule has 0 saturated heterocycles. The Kier molecular flexibility index (Phi) is 6.17. The maximum atomic E-state index is 12.5. The van der Waals surface area contributed by atoms with E-state index in [1.165, 1.54) is 30.3 Å². The van der Waals surface area contributed by atoms with Crippen molar-refractivity contribution in [2.75, 3.05) is 13.1 Å². The van der Waals surface area contributed by atoms with Crippen molar-refractivity contribution in [1.82, 2.24) is 4.90 Å². The summed E-state index contributed by atoms with van der Waals surface area (Å²) in [6, 6.07) is 5.87. The molecule has 1 aromatic rings. The van der Waals surface area contributed by atoms with Crippen molar-refractivity contribution in [3.63, 3.8) is 0 Å². The van der Waals surface area contributed by atoms with Crippen molar-refractivity contribution in [2.45, 2.75) is 10.7 Å². The zero-order chi connectivity index (χ0) is 15.1. The predicted molar refractivity (Wildman–Crippen MR) is 72.0 cm³/mol. The molecule has 0 unspecified atom stereocenters. The topological polar surface area (TPSA) is 57.6 Å². The normalized spacial score (nSPS) is 10.3. The van der Waals surface area contributed by atoms with Gasteiger partial charge in [-0.05, 0) is 12.1 Å². The summed E-state index contributed by atoms with van der Waals surface area (Å²) in [5.41, 5.74) is 0.0564. The monoisotopic (exact) mass is 301 g/mol.